The minimum absolute atomic E-state index is 0.278. The first-order valence-corrected chi connectivity index (χ1v) is 7.22. The molecular formula is C14H13ClN2O3S. The molecule has 1 aromatic heterocycles. The maximum Gasteiger partial charge on any atom is 0.275 e. The van der Waals surface area contributed by atoms with Crippen molar-refractivity contribution in [2.45, 2.75) is 13.5 Å². The van der Waals surface area contributed by atoms with Crippen molar-refractivity contribution in [1.82, 2.24) is 5.43 Å². The summed E-state index contributed by atoms with van der Waals surface area (Å²) >= 11 is 7.37. The van der Waals surface area contributed by atoms with Crippen LogP contribution in [-0.2, 0) is 6.61 Å². The average Bonchev–Trinajstić information content (AvgIpc) is 2.86. The second kappa shape index (κ2) is 6.71. The lowest BCUT2D eigenvalue weighted by Gasteiger charge is -2.08. The number of carbonyl (C=O) groups is 2. The molecule has 2 aromatic rings. The lowest BCUT2D eigenvalue weighted by Crippen LogP contribution is -2.29. The number of aryl methyl sites for hydroxylation is 1. The molecule has 0 bridgehead atoms. The van der Waals surface area contributed by atoms with E-state index in [4.69, 9.17) is 22.2 Å². The molecule has 0 unspecified atom stereocenters. The number of nitrogen functional groups attached to an aromatic ring is 1. The second-order valence-electron chi connectivity index (χ2n) is 4.26. The minimum atomic E-state index is -0.331. The molecule has 0 fully saturated rings. The van der Waals surface area contributed by atoms with Crippen molar-refractivity contribution < 1.29 is 14.3 Å². The lowest BCUT2D eigenvalue weighted by molar-refractivity contribution is 0.0957. The Morgan fingerprint density at radius 1 is 1.48 bits per heavy atom. The molecule has 0 aliphatic heterocycles. The molecule has 1 amide bonds. The molecule has 0 aliphatic rings. The Hall–Kier alpha value is -1.89. The van der Waals surface area contributed by atoms with Gasteiger partial charge in [0.05, 0.1) is 9.90 Å². The van der Waals surface area contributed by atoms with E-state index in [9.17, 15) is 9.59 Å². The van der Waals surface area contributed by atoms with Gasteiger partial charge < -0.3 is 4.74 Å². The van der Waals surface area contributed by atoms with Crippen LogP contribution in [0.5, 0.6) is 5.75 Å². The second-order valence-corrected chi connectivity index (χ2v) is 5.93. The van der Waals surface area contributed by atoms with E-state index in [1.54, 1.807) is 18.2 Å². The first-order valence-electron chi connectivity index (χ1n) is 6.03. The van der Waals surface area contributed by atoms with E-state index in [0.717, 1.165) is 16.7 Å². The maximum atomic E-state index is 11.5. The number of amides is 1. The molecule has 7 heteroatoms. The van der Waals surface area contributed by atoms with Crippen LogP contribution in [0.1, 0.15) is 30.5 Å². The molecular weight excluding hydrogens is 312 g/mol. The van der Waals surface area contributed by atoms with Gasteiger partial charge in [0, 0.05) is 16.0 Å². The third-order valence-electron chi connectivity index (χ3n) is 2.85. The summed E-state index contributed by atoms with van der Waals surface area (Å²) in [6.45, 7) is 2.17. The van der Waals surface area contributed by atoms with Crippen LogP contribution >= 0.6 is 22.9 Å². The summed E-state index contributed by atoms with van der Waals surface area (Å²) in [5, 5.41) is 0.368. The molecule has 110 valence electrons. The molecule has 5 nitrogen and oxygen atoms in total. The molecule has 0 saturated heterocycles. The monoisotopic (exact) mass is 324 g/mol. The van der Waals surface area contributed by atoms with Gasteiger partial charge in [-0.15, -0.1) is 11.3 Å². The van der Waals surface area contributed by atoms with Gasteiger partial charge in [0.15, 0.2) is 0 Å². The van der Waals surface area contributed by atoms with Gasteiger partial charge in [0.2, 0.25) is 0 Å². The minimum Gasteiger partial charge on any atom is -0.487 e. The lowest BCUT2D eigenvalue weighted by atomic mass is 10.2. The number of halogens is 1. The number of rotatable bonds is 5. The largest absolute Gasteiger partial charge is 0.487 e. The van der Waals surface area contributed by atoms with Crippen LogP contribution in [-0.4, -0.2) is 12.2 Å². The topological polar surface area (TPSA) is 81.4 Å². The molecule has 0 radical (unpaired) electrons. The van der Waals surface area contributed by atoms with Gasteiger partial charge in [-0.25, -0.2) is 5.84 Å². The van der Waals surface area contributed by atoms with Gasteiger partial charge >= 0.3 is 0 Å². The van der Waals surface area contributed by atoms with E-state index in [1.807, 2.05) is 6.92 Å². The fourth-order valence-electron chi connectivity index (χ4n) is 1.71. The molecule has 0 saturated carbocycles. The van der Waals surface area contributed by atoms with E-state index >= 15 is 0 Å². The Balaban J connectivity index is 2.11. The van der Waals surface area contributed by atoms with Crippen LogP contribution in [0.2, 0.25) is 5.02 Å². The molecule has 1 aromatic carbocycles. The van der Waals surface area contributed by atoms with Crippen LogP contribution < -0.4 is 16.0 Å². The number of nitrogens with one attached hydrogen (secondary N) is 1. The Labute approximate surface area is 130 Å². The van der Waals surface area contributed by atoms with Gasteiger partial charge in [-0.05, 0) is 31.2 Å². The highest BCUT2D eigenvalue weighted by atomic mass is 35.5. The quantitative estimate of drug-likeness (QED) is 0.383. The molecule has 0 atom stereocenters. The highest BCUT2D eigenvalue weighted by molar-refractivity contribution is 7.14. The van der Waals surface area contributed by atoms with Crippen molar-refractivity contribution in [2.75, 3.05) is 0 Å². The third kappa shape index (κ3) is 3.60. The zero-order chi connectivity index (χ0) is 15.4. The summed E-state index contributed by atoms with van der Waals surface area (Å²) in [5.74, 6) is 5.26. The molecule has 0 aliphatic carbocycles. The van der Waals surface area contributed by atoms with E-state index in [-0.39, 0.29) is 12.5 Å². The number of benzene rings is 1. The van der Waals surface area contributed by atoms with Gasteiger partial charge in [-0.2, -0.15) is 0 Å². The van der Waals surface area contributed by atoms with Crippen molar-refractivity contribution in [1.29, 1.82) is 0 Å². The van der Waals surface area contributed by atoms with Crippen molar-refractivity contribution in [2.24, 2.45) is 5.84 Å². The number of carbonyl (C=O) groups excluding carboxylic acids is 2. The standard InChI is InChI=1S/C14H13ClN2O3S/c1-8-10(5-13(21-8)14(19)17-16)7-20-12-3-2-9(6-18)4-11(12)15/h2-6H,7,16H2,1H3,(H,17,19). The number of thiophene rings is 1. The summed E-state index contributed by atoms with van der Waals surface area (Å²) in [6, 6.07) is 6.54. The van der Waals surface area contributed by atoms with Crippen LogP contribution in [0, 0.1) is 6.92 Å². The summed E-state index contributed by atoms with van der Waals surface area (Å²) in [4.78, 5) is 23.6. The Bertz CT molecular complexity index is 685. The third-order valence-corrected chi connectivity index (χ3v) is 4.24. The predicted octanol–water partition coefficient (Wildman–Crippen LogP) is 2.70. The van der Waals surface area contributed by atoms with Crippen LogP contribution in [0.25, 0.3) is 0 Å². The predicted molar refractivity (Wildman–Crippen MR) is 81.9 cm³/mol. The van der Waals surface area contributed by atoms with Crippen LogP contribution in [0.4, 0.5) is 0 Å². The molecule has 1 heterocycles. The smallest absolute Gasteiger partial charge is 0.275 e. The Kier molecular flexibility index (Phi) is 4.95. The fraction of sp³-hybridized carbons (Fsp3) is 0.143. The molecule has 3 N–H and O–H groups in total. The van der Waals surface area contributed by atoms with Gasteiger partial charge in [-0.3, -0.25) is 15.0 Å². The van der Waals surface area contributed by atoms with Crippen LogP contribution in [0.15, 0.2) is 24.3 Å². The summed E-state index contributed by atoms with van der Waals surface area (Å²) in [6.07, 6.45) is 0.719. The zero-order valence-corrected chi connectivity index (χ0v) is 12.8. The van der Waals surface area contributed by atoms with Crippen molar-refractivity contribution in [3.63, 3.8) is 0 Å². The summed E-state index contributed by atoms with van der Waals surface area (Å²) in [7, 11) is 0. The number of hydrogen-bond acceptors (Lipinski definition) is 5. The number of hydrogen-bond donors (Lipinski definition) is 2. The summed E-state index contributed by atoms with van der Waals surface area (Å²) in [5.41, 5.74) is 3.46. The van der Waals surface area contributed by atoms with Gasteiger partial charge in [-0.1, -0.05) is 11.6 Å². The zero-order valence-electron chi connectivity index (χ0n) is 11.2. The van der Waals surface area contributed by atoms with E-state index < -0.39 is 0 Å². The van der Waals surface area contributed by atoms with Gasteiger partial charge in [0.25, 0.3) is 5.91 Å². The van der Waals surface area contributed by atoms with Crippen molar-refractivity contribution >= 4 is 35.1 Å². The Morgan fingerprint density at radius 2 is 2.24 bits per heavy atom. The van der Waals surface area contributed by atoms with E-state index in [2.05, 4.69) is 5.43 Å². The molecule has 2 rings (SSSR count). The van der Waals surface area contributed by atoms with Crippen molar-refractivity contribution in [3.8, 4) is 5.75 Å². The molecule has 0 spiro atoms. The Morgan fingerprint density at radius 3 is 2.86 bits per heavy atom. The average molecular weight is 325 g/mol. The fourth-order valence-corrected chi connectivity index (χ4v) is 2.88. The van der Waals surface area contributed by atoms with Crippen molar-refractivity contribution in [3.05, 3.63) is 50.2 Å². The maximum absolute atomic E-state index is 11.5. The van der Waals surface area contributed by atoms with Crippen LogP contribution in [0.3, 0.4) is 0 Å². The SMILES string of the molecule is Cc1sc(C(=O)NN)cc1COc1ccc(C=O)cc1Cl. The normalized spacial score (nSPS) is 10.2. The number of hydrazine groups is 1. The van der Waals surface area contributed by atoms with E-state index in [1.165, 1.54) is 17.4 Å². The highest BCUT2D eigenvalue weighted by Gasteiger charge is 2.12. The number of ether oxygens (including phenoxy) is 1. The number of nitrogens with two attached hydrogens (primary N) is 1. The molecule has 21 heavy (non-hydrogen) atoms. The highest BCUT2D eigenvalue weighted by Crippen LogP contribution is 2.28. The first kappa shape index (κ1) is 15.5. The van der Waals surface area contributed by atoms with E-state index in [0.29, 0.717) is 21.2 Å². The number of aldehydes is 1. The summed E-state index contributed by atoms with van der Waals surface area (Å²) < 4.78 is 5.63. The van der Waals surface area contributed by atoms with Gasteiger partial charge in [0.1, 0.15) is 18.6 Å². The first-order chi connectivity index (χ1) is 10.0.